The molecule has 2 unspecified atom stereocenters. The number of hydrogen-bond acceptors (Lipinski definition) is 6. The molecule has 34 heavy (non-hydrogen) atoms. The molecule has 1 aromatic carbocycles. The van der Waals surface area contributed by atoms with Crippen molar-refractivity contribution < 1.29 is 0 Å². The molecule has 6 rings (SSSR count). The first-order valence-corrected chi connectivity index (χ1v) is 13.4. The number of anilines is 3. The molecular formula is C28H38N6. The SMILES string of the molecule is CCCc1nc(Nc2cc(C3CC34CC4)ccc2C=N)cc(N2CCN(C3CCC3)C(C)C2)n1. The minimum absolute atomic E-state index is 0.550. The minimum atomic E-state index is 0.550. The quantitative estimate of drug-likeness (QED) is 0.511. The average molecular weight is 459 g/mol. The number of nitrogens with one attached hydrogen (secondary N) is 2. The van der Waals surface area contributed by atoms with E-state index in [1.807, 2.05) is 0 Å². The van der Waals surface area contributed by atoms with Gasteiger partial charge in [-0.1, -0.05) is 25.5 Å². The van der Waals surface area contributed by atoms with Gasteiger partial charge < -0.3 is 15.6 Å². The van der Waals surface area contributed by atoms with Gasteiger partial charge in [-0.2, -0.15) is 0 Å². The molecule has 6 heteroatoms. The second-order valence-corrected chi connectivity index (χ2v) is 11.1. The van der Waals surface area contributed by atoms with Gasteiger partial charge in [0.2, 0.25) is 0 Å². The Balaban J connectivity index is 1.25. The molecule has 1 aromatic heterocycles. The highest BCUT2D eigenvalue weighted by Gasteiger charge is 2.62. The molecule has 1 spiro atoms. The third kappa shape index (κ3) is 4.10. The Hall–Kier alpha value is -2.47. The van der Waals surface area contributed by atoms with Crippen LogP contribution in [0.4, 0.5) is 17.3 Å². The summed E-state index contributed by atoms with van der Waals surface area (Å²) in [4.78, 5) is 15.0. The molecule has 180 valence electrons. The van der Waals surface area contributed by atoms with Crippen molar-refractivity contribution in [3.05, 3.63) is 41.2 Å². The zero-order valence-corrected chi connectivity index (χ0v) is 20.7. The van der Waals surface area contributed by atoms with Crippen molar-refractivity contribution in [3.63, 3.8) is 0 Å². The number of piperazine rings is 1. The van der Waals surface area contributed by atoms with Crippen molar-refractivity contribution in [2.24, 2.45) is 5.41 Å². The maximum absolute atomic E-state index is 7.93. The summed E-state index contributed by atoms with van der Waals surface area (Å²) >= 11 is 0. The van der Waals surface area contributed by atoms with Crippen molar-refractivity contribution in [2.45, 2.75) is 83.2 Å². The predicted octanol–water partition coefficient (Wildman–Crippen LogP) is 5.50. The van der Waals surface area contributed by atoms with Crippen LogP contribution in [0.3, 0.4) is 0 Å². The zero-order chi connectivity index (χ0) is 23.3. The number of aromatic nitrogens is 2. The summed E-state index contributed by atoms with van der Waals surface area (Å²) in [5.41, 5.74) is 3.94. The van der Waals surface area contributed by atoms with E-state index in [1.54, 1.807) is 0 Å². The van der Waals surface area contributed by atoms with Crippen LogP contribution < -0.4 is 10.2 Å². The molecule has 0 amide bonds. The first kappa shape index (κ1) is 22.0. The van der Waals surface area contributed by atoms with Crippen molar-refractivity contribution in [2.75, 3.05) is 29.9 Å². The highest BCUT2D eigenvalue weighted by molar-refractivity contribution is 5.87. The monoisotopic (exact) mass is 458 g/mol. The van der Waals surface area contributed by atoms with Crippen molar-refractivity contribution in [3.8, 4) is 0 Å². The predicted molar refractivity (Wildman–Crippen MR) is 139 cm³/mol. The van der Waals surface area contributed by atoms with Crippen LogP contribution in [0.1, 0.15) is 81.7 Å². The van der Waals surface area contributed by atoms with E-state index in [9.17, 15) is 0 Å². The second kappa shape index (κ2) is 8.63. The van der Waals surface area contributed by atoms with Gasteiger partial charge >= 0.3 is 0 Å². The fourth-order valence-electron chi connectivity index (χ4n) is 6.18. The maximum Gasteiger partial charge on any atom is 0.136 e. The normalized spacial score (nSPS) is 25.8. The van der Waals surface area contributed by atoms with E-state index < -0.39 is 0 Å². The molecule has 2 aromatic rings. The van der Waals surface area contributed by atoms with Crippen LogP contribution in [0.15, 0.2) is 24.3 Å². The molecule has 1 saturated heterocycles. The van der Waals surface area contributed by atoms with E-state index in [-0.39, 0.29) is 0 Å². The summed E-state index contributed by atoms with van der Waals surface area (Å²) in [6, 6.07) is 10.0. The van der Waals surface area contributed by atoms with Crippen molar-refractivity contribution >= 4 is 23.5 Å². The molecule has 4 fully saturated rings. The summed E-state index contributed by atoms with van der Waals surface area (Å²) < 4.78 is 0. The van der Waals surface area contributed by atoms with E-state index in [4.69, 9.17) is 15.4 Å². The first-order chi connectivity index (χ1) is 16.6. The topological polar surface area (TPSA) is 68.1 Å². The molecule has 2 heterocycles. The minimum Gasteiger partial charge on any atom is -0.354 e. The molecular weight excluding hydrogens is 420 g/mol. The summed E-state index contributed by atoms with van der Waals surface area (Å²) in [6.45, 7) is 7.70. The Morgan fingerprint density at radius 1 is 1.18 bits per heavy atom. The van der Waals surface area contributed by atoms with Gasteiger partial charge in [0.1, 0.15) is 17.5 Å². The second-order valence-electron chi connectivity index (χ2n) is 11.1. The molecule has 2 atom stereocenters. The highest BCUT2D eigenvalue weighted by atomic mass is 15.3. The zero-order valence-electron chi connectivity index (χ0n) is 20.7. The van der Waals surface area contributed by atoms with E-state index in [0.717, 1.165) is 67.2 Å². The van der Waals surface area contributed by atoms with Crippen LogP contribution in [-0.4, -0.2) is 52.8 Å². The molecule has 2 N–H and O–H groups in total. The fraction of sp³-hybridized carbons (Fsp3) is 0.607. The summed E-state index contributed by atoms with van der Waals surface area (Å²) in [5.74, 6) is 3.49. The number of nitrogens with zero attached hydrogens (tertiary/aromatic N) is 4. The van der Waals surface area contributed by atoms with E-state index >= 15 is 0 Å². The highest BCUT2D eigenvalue weighted by Crippen LogP contribution is 2.75. The van der Waals surface area contributed by atoms with E-state index in [0.29, 0.717) is 17.4 Å². The van der Waals surface area contributed by atoms with Gasteiger partial charge in [0, 0.05) is 61.7 Å². The molecule has 4 aliphatic rings. The molecule has 0 radical (unpaired) electrons. The van der Waals surface area contributed by atoms with E-state index in [1.165, 1.54) is 50.3 Å². The lowest BCUT2D eigenvalue weighted by Gasteiger charge is -2.47. The fourth-order valence-corrected chi connectivity index (χ4v) is 6.18. The molecule has 3 saturated carbocycles. The maximum atomic E-state index is 7.93. The van der Waals surface area contributed by atoms with Gasteiger partial charge in [0.25, 0.3) is 0 Å². The van der Waals surface area contributed by atoms with Gasteiger partial charge in [-0.15, -0.1) is 0 Å². The molecule has 3 aliphatic carbocycles. The first-order valence-electron chi connectivity index (χ1n) is 13.4. The van der Waals surface area contributed by atoms with Gasteiger partial charge in [-0.05, 0) is 68.4 Å². The van der Waals surface area contributed by atoms with Crippen LogP contribution in [-0.2, 0) is 6.42 Å². The summed E-state index contributed by atoms with van der Waals surface area (Å²) in [5, 5.41) is 11.5. The lowest BCUT2D eigenvalue weighted by Crippen LogP contribution is -2.57. The Bertz CT molecular complexity index is 1070. The number of aryl methyl sites for hydroxylation is 1. The summed E-state index contributed by atoms with van der Waals surface area (Å²) in [7, 11) is 0. The Kier molecular flexibility index (Phi) is 5.59. The van der Waals surface area contributed by atoms with Crippen LogP contribution in [0.2, 0.25) is 0 Å². The molecule has 0 bridgehead atoms. The smallest absolute Gasteiger partial charge is 0.136 e. The lowest BCUT2D eigenvalue weighted by atomic mass is 9.90. The van der Waals surface area contributed by atoms with Crippen molar-refractivity contribution in [1.82, 2.24) is 14.9 Å². The third-order valence-corrected chi connectivity index (χ3v) is 8.76. The Morgan fingerprint density at radius 2 is 2.03 bits per heavy atom. The third-order valence-electron chi connectivity index (χ3n) is 8.76. The number of benzene rings is 1. The lowest BCUT2D eigenvalue weighted by molar-refractivity contribution is 0.0773. The van der Waals surface area contributed by atoms with Crippen LogP contribution >= 0.6 is 0 Å². The average Bonchev–Trinajstić information content (AvgIpc) is 3.73. The van der Waals surface area contributed by atoms with Gasteiger partial charge in [0.05, 0.1) is 0 Å². The van der Waals surface area contributed by atoms with E-state index in [2.05, 4.69) is 53.2 Å². The van der Waals surface area contributed by atoms with Crippen LogP contribution in [0.5, 0.6) is 0 Å². The van der Waals surface area contributed by atoms with Gasteiger partial charge in [0.15, 0.2) is 0 Å². The van der Waals surface area contributed by atoms with Crippen LogP contribution in [0.25, 0.3) is 0 Å². The van der Waals surface area contributed by atoms with Crippen molar-refractivity contribution in [1.29, 1.82) is 5.41 Å². The van der Waals surface area contributed by atoms with Gasteiger partial charge in [-0.25, -0.2) is 9.97 Å². The largest absolute Gasteiger partial charge is 0.354 e. The molecule has 1 aliphatic heterocycles. The number of rotatable bonds is 8. The Morgan fingerprint density at radius 3 is 2.68 bits per heavy atom. The number of hydrogen-bond donors (Lipinski definition) is 2. The molecule has 6 nitrogen and oxygen atoms in total. The van der Waals surface area contributed by atoms with Gasteiger partial charge in [-0.3, -0.25) is 4.90 Å². The standard InChI is InChI=1S/C28H38N6/c1-3-5-25-31-26(15-27(32-25)33-12-13-34(19(2)18-33)22-6-4-7-22)30-24-14-20(8-9-21(24)17-29)23-16-28(23)10-11-28/h8-9,14-15,17,19,22-23,29H,3-7,10-13,16,18H2,1-2H3,(H,30,31,32). The van der Waals surface area contributed by atoms with Crippen LogP contribution in [0, 0.1) is 10.8 Å². The summed E-state index contributed by atoms with van der Waals surface area (Å²) in [6.07, 6.45) is 11.6. The Labute approximate surface area is 203 Å².